The predicted molar refractivity (Wildman–Crippen MR) is 97.4 cm³/mol. The number of pyridine rings is 1. The van der Waals surface area contributed by atoms with Crippen molar-refractivity contribution in [3.05, 3.63) is 30.1 Å². The number of hydrogen-bond donors (Lipinski definition) is 1. The van der Waals surface area contributed by atoms with Crippen molar-refractivity contribution in [2.24, 2.45) is 0 Å². The molecule has 0 aliphatic carbocycles. The summed E-state index contributed by atoms with van der Waals surface area (Å²) in [5.41, 5.74) is 1.30. The molecule has 3 unspecified atom stereocenters. The van der Waals surface area contributed by atoms with Gasteiger partial charge in [-0.3, -0.25) is 9.88 Å². The first-order valence-corrected chi connectivity index (χ1v) is 9.37. The van der Waals surface area contributed by atoms with Gasteiger partial charge in [-0.25, -0.2) is 4.79 Å². The molecular weight excluding hydrogens is 316 g/mol. The van der Waals surface area contributed by atoms with E-state index >= 15 is 0 Å². The van der Waals surface area contributed by atoms with E-state index < -0.39 is 0 Å². The van der Waals surface area contributed by atoms with Crippen molar-refractivity contribution in [1.82, 2.24) is 20.1 Å². The molecular formula is C19H30N4O2. The fourth-order valence-corrected chi connectivity index (χ4v) is 3.73. The number of hydrogen-bond acceptors (Lipinski definition) is 4. The molecule has 3 heterocycles. The summed E-state index contributed by atoms with van der Waals surface area (Å²) >= 11 is 0. The van der Waals surface area contributed by atoms with Crippen LogP contribution in [0.15, 0.2) is 24.5 Å². The third-order valence-corrected chi connectivity index (χ3v) is 5.46. The number of aromatic nitrogens is 1. The molecule has 138 valence electrons. The van der Waals surface area contributed by atoms with Crippen molar-refractivity contribution in [3.8, 4) is 0 Å². The molecule has 1 aromatic heterocycles. The smallest absolute Gasteiger partial charge is 0.318 e. The van der Waals surface area contributed by atoms with Gasteiger partial charge in [-0.2, -0.15) is 0 Å². The van der Waals surface area contributed by atoms with Gasteiger partial charge in [0.2, 0.25) is 0 Å². The summed E-state index contributed by atoms with van der Waals surface area (Å²) < 4.78 is 5.61. The maximum atomic E-state index is 12.6. The number of morpholine rings is 1. The Morgan fingerprint density at radius 3 is 2.64 bits per heavy atom. The predicted octanol–water partition coefficient (Wildman–Crippen LogP) is 2.43. The lowest BCUT2D eigenvalue weighted by molar-refractivity contribution is -0.0324. The van der Waals surface area contributed by atoms with Crippen LogP contribution in [0.1, 0.15) is 45.2 Å². The van der Waals surface area contributed by atoms with Gasteiger partial charge in [0.1, 0.15) is 0 Å². The Labute approximate surface area is 150 Å². The molecule has 0 spiro atoms. The highest BCUT2D eigenvalue weighted by Gasteiger charge is 2.30. The summed E-state index contributed by atoms with van der Waals surface area (Å²) in [5, 5.41) is 3.23. The van der Waals surface area contributed by atoms with Gasteiger partial charge in [0.25, 0.3) is 0 Å². The molecule has 0 aromatic carbocycles. The van der Waals surface area contributed by atoms with Crippen molar-refractivity contribution in [2.45, 2.75) is 57.8 Å². The molecule has 1 N–H and O–H groups in total. The minimum absolute atomic E-state index is 0.0586. The Hall–Kier alpha value is -1.66. The zero-order valence-electron chi connectivity index (χ0n) is 15.5. The van der Waals surface area contributed by atoms with Gasteiger partial charge >= 0.3 is 6.03 Å². The first-order chi connectivity index (χ1) is 12.0. The quantitative estimate of drug-likeness (QED) is 0.913. The summed E-state index contributed by atoms with van der Waals surface area (Å²) in [6.07, 6.45) is 5.81. The topological polar surface area (TPSA) is 57.7 Å². The molecule has 6 nitrogen and oxygen atoms in total. The standard InChI is InChI=1S/C19H30N4O2/c1-14-13-25-15(2)12-23(14)19(24)21-18-6-10-22(11-7-18)16(3)17-4-8-20-9-5-17/h4-5,8-9,14-16,18H,6-7,10-13H2,1-3H3,(H,21,24). The first-order valence-electron chi connectivity index (χ1n) is 9.37. The maximum absolute atomic E-state index is 12.6. The number of piperidine rings is 1. The average Bonchev–Trinajstić information content (AvgIpc) is 2.64. The highest BCUT2D eigenvalue weighted by atomic mass is 16.5. The number of rotatable bonds is 3. The van der Waals surface area contributed by atoms with Gasteiger partial charge in [0.05, 0.1) is 18.8 Å². The van der Waals surface area contributed by atoms with E-state index in [1.807, 2.05) is 31.1 Å². The SMILES string of the molecule is CC1CN(C(=O)NC2CCN(C(C)c3ccncc3)CC2)C(C)CO1. The molecule has 2 aliphatic heterocycles. The Morgan fingerprint density at radius 2 is 1.96 bits per heavy atom. The van der Waals surface area contributed by atoms with Crippen molar-refractivity contribution in [3.63, 3.8) is 0 Å². The van der Waals surface area contributed by atoms with E-state index in [1.165, 1.54) is 5.56 Å². The molecule has 1 aromatic rings. The van der Waals surface area contributed by atoms with E-state index in [0.29, 0.717) is 19.2 Å². The molecule has 6 heteroatoms. The van der Waals surface area contributed by atoms with E-state index in [0.717, 1.165) is 25.9 Å². The van der Waals surface area contributed by atoms with Crippen LogP contribution < -0.4 is 5.32 Å². The molecule has 3 atom stereocenters. The molecule has 3 rings (SSSR count). The molecule has 2 fully saturated rings. The van der Waals surface area contributed by atoms with Crippen LogP contribution in [-0.4, -0.2) is 65.2 Å². The van der Waals surface area contributed by atoms with Gasteiger partial charge in [-0.15, -0.1) is 0 Å². The van der Waals surface area contributed by atoms with Crippen LogP contribution in [0.3, 0.4) is 0 Å². The molecule has 25 heavy (non-hydrogen) atoms. The second-order valence-electron chi connectivity index (χ2n) is 7.36. The number of nitrogens with one attached hydrogen (secondary N) is 1. The van der Waals surface area contributed by atoms with E-state index in [-0.39, 0.29) is 24.2 Å². The van der Waals surface area contributed by atoms with Crippen molar-refractivity contribution < 1.29 is 9.53 Å². The van der Waals surface area contributed by atoms with Gasteiger partial charge < -0.3 is 15.0 Å². The zero-order valence-corrected chi connectivity index (χ0v) is 15.5. The third kappa shape index (κ3) is 4.50. The average molecular weight is 346 g/mol. The Kier molecular flexibility index (Phi) is 5.91. The van der Waals surface area contributed by atoms with Crippen LogP contribution in [0.2, 0.25) is 0 Å². The van der Waals surface area contributed by atoms with Crippen molar-refractivity contribution >= 4 is 6.03 Å². The fourth-order valence-electron chi connectivity index (χ4n) is 3.73. The summed E-state index contributed by atoms with van der Waals surface area (Å²) in [6.45, 7) is 9.61. The minimum atomic E-state index is 0.0586. The second-order valence-corrected chi connectivity index (χ2v) is 7.36. The normalized spacial score (nSPS) is 27.1. The van der Waals surface area contributed by atoms with Gasteiger partial charge in [0, 0.05) is 44.1 Å². The number of ether oxygens (including phenoxy) is 1. The highest BCUT2D eigenvalue weighted by molar-refractivity contribution is 5.75. The summed E-state index contributed by atoms with van der Waals surface area (Å²) in [6, 6.07) is 5.02. The molecule has 0 radical (unpaired) electrons. The van der Waals surface area contributed by atoms with Crippen LogP contribution >= 0.6 is 0 Å². The monoisotopic (exact) mass is 346 g/mol. The largest absolute Gasteiger partial charge is 0.375 e. The summed E-state index contributed by atoms with van der Waals surface area (Å²) in [4.78, 5) is 21.1. The minimum Gasteiger partial charge on any atom is -0.375 e. The van der Waals surface area contributed by atoms with Crippen LogP contribution in [0.4, 0.5) is 4.79 Å². The van der Waals surface area contributed by atoms with Crippen LogP contribution in [-0.2, 0) is 4.74 Å². The first kappa shape index (κ1) is 18.1. The maximum Gasteiger partial charge on any atom is 0.318 e. The zero-order chi connectivity index (χ0) is 17.8. The second kappa shape index (κ2) is 8.15. The van der Waals surface area contributed by atoms with Gasteiger partial charge in [-0.05, 0) is 51.3 Å². The lowest BCUT2D eigenvalue weighted by atomic mass is 10.0. The fraction of sp³-hybridized carbons (Fsp3) is 0.684. The lowest BCUT2D eigenvalue weighted by Crippen LogP contribution is -2.56. The van der Waals surface area contributed by atoms with E-state index in [4.69, 9.17) is 4.74 Å². The number of amides is 2. The third-order valence-electron chi connectivity index (χ3n) is 5.46. The van der Waals surface area contributed by atoms with Crippen LogP contribution in [0.25, 0.3) is 0 Å². The molecule has 2 saturated heterocycles. The molecule has 2 amide bonds. The summed E-state index contributed by atoms with van der Waals surface area (Å²) in [7, 11) is 0. The number of urea groups is 1. The molecule has 0 bridgehead atoms. The molecule has 0 saturated carbocycles. The molecule has 2 aliphatic rings. The van der Waals surface area contributed by atoms with E-state index in [1.54, 1.807) is 0 Å². The lowest BCUT2D eigenvalue weighted by Gasteiger charge is -2.40. The number of nitrogens with zero attached hydrogens (tertiary/aromatic N) is 3. The Balaban J connectivity index is 1.48. The number of carbonyl (C=O) groups is 1. The number of carbonyl (C=O) groups excluding carboxylic acids is 1. The van der Waals surface area contributed by atoms with Crippen molar-refractivity contribution in [2.75, 3.05) is 26.2 Å². The van der Waals surface area contributed by atoms with Crippen LogP contribution in [0.5, 0.6) is 0 Å². The van der Waals surface area contributed by atoms with E-state index in [9.17, 15) is 4.79 Å². The summed E-state index contributed by atoms with van der Waals surface area (Å²) in [5.74, 6) is 0. The van der Waals surface area contributed by atoms with Gasteiger partial charge in [0.15, 0.2) is 0 Å². The number of likely N-dealkylation sites (tertiary alicyclic amines) is 1. The Bertz CT molecular complexity index is 560. The van der Waals surface area contributed by atoms with Crippen molar-refractivity contribution in [1.29, 1.82) is 0 Å². The van der Waals surface area contributed by atoms with E-state index in [2.05, 4.69) is 34.3 Å². The van der Waals surface area contributed by atoms with Gasteiger partial charge in [-0.1, -0.05) is 0 Å². The highest BCUT2D eigenvalue weighted by Crippen LogP contribution is 2.24. The van der Waals surface area contributed by atoms with Crippen LogP contribution in [0, 0.1) is 0 Å². The Morgan fingerprint density at radius 1 is 1.28 bits per heavy atom.